The zero-order chi connectivity index (χ0) is 15.3. The van der Waals surface area contributed by atoms with Crippen molar-refractivity contribution in [3.8, 4) is 5.75 Å². The standard InChI is InChI=1S/C18H24N2O/c1-17(2)16(18(17,3)4)19-11-13-10-9-12-7-6-8-14(21-5)15(12)20-13/h6-10,16,19H,11H2,1-5H3. The molecule has 1 heterocycles. The Morgan fingerprint density at radius 1 is 1.10 bits per heavy atom. The Hall–Kier alpha value is -1.61. The van der Waals surface area contributed by atoms with Crippen LogP contribution in [0.15, 0.2) is 30.3 Å². The molecule has 0 atom stereocenters. The van der Waals surface area contributed by atoms with Crippen LogP contribution in [0.25, 0.3) is 10.9 Å². The number of rotatable bonds is 4. The van der Waals surface area contributed by atoms with E-state index in [1.165, 1.54) is 0 Å². The van der Waals surface area contributed by atoms with Crippen LogP contribution in [-0.4, -0.2) is 18.1 Å². The van der Waals surface area contributed by atoms with Gasteiger partial charge in [0.2, 0.25) is 0 Å². The summed E-state index contributed by atoms with van der Waals surface area (Å²) >= 11 is 0. The van der Waals surface area contributed by atoms with E-state index in [2.05, 4.69) is 51.2 Å². The maximum atomic E-state index is 5.40. The van der Waals surface area contributed by atoms with Gasteiger partial charge in [-0.15, -0.1) is 0 Å². The number of para-hydroxylation sites is 1. The molecule has 21 heavy (non-hydrogen) atoms. The van der Waals surface area contributed by atoms with Gasteiger partial charge in [0.1, 0.15) is 11.3 Å². The van der Waals surface area contributed by atoms with E-state index in [-0.39, 0.29) is 0 Å². The van der Waals surface area contributed by atoms with Gasteiger partial charge < -0.3 is 10.1 Å². The summed E-state index contributed by atoms with van der Waals surface area (Å²) in [6, 6.07) is 10.8. The summed E-state index contributed by atoms with van der Waals surface area (Å²) in [5.41, 5.74) is 2.70. The number of fused-ring (bicyclic) bond motifs is 1. The van der Waals surface area contributed by atoms with E-state index < -0.39 is 0 Å². The number of pyridine rings is 1. The molecule has 2 aromatic rings. The van der Waals surface area contributed by atoms with E-state index >= 15 is 0 Å². The van der Waals surface area contributed by atoms with Crippen LogP contribution in [0.2, 0.25) is 0 Å². The molecule has 1 aliphatic rings. The molecule has 0 saturated heterocycles. The fourth-order valence-electron chi connectivity index (χ4n) is 3.34. The van der Waals surface area contributed by atoms with Crippen molar-refractivity contribution >= 4 is 10.9 Å². The molecule has 0 amide bonds. The lowest BCUT2D eigenvalue weighted by molar-refractivity contribution is 0.418. The van der Waals surface area contributed by atoms with E-state index in [4.69, 9.17) is 9.72 Å². The van der Waals surface area contributed by atoms with Crippen LogP contribution in [0.1, 0.15) is 33.4 Å². The van der Waals surface area contributed by atoms with Gasteiger partial charge in [-0.3, -0.25) is 0 Å². The van der Waals surface area contributed by atoms with Gasteiger partial charge in [0.05, 0.1) is 12.8 Å². The molecule has 112 valence electrons. The van der Waals surface area contributed by atoms with E-state index in [0.29, 0.717) is 16.9 Å². The van der Waals surface area contributed by atoms with Crippen molar-refractivity contribution in [2.75, 3.05) is 7.11 Å². The van der Waals surface area contributed by atoms with Crippen LogP contribution in [0.4, 0.5) is 0 Å². The minimum Gasteiger partial charge on any atom is -0.494 e. The molecule has 0 radical (unpaired) electrons. The maximum absolute atomic E-state index is 5.40. The second-order valence-corrected chi connectivity index (χ2v) is 7.09. The summed E-state index contributed by atoms with van der Waals surface area (Å²) in [7, 11) is 1.69. The molecule has 1 aromatic carbocycles. The van der Waals surface area contributed by atoms with Gasteiger partial charge in [-0.25, -0.2) is 4.98 Å². The lowest BCUT2D eigenvalue weighted by Gasteiger charge is -2.09. The summed E-state index contributed by atoms with van der Waals surface area (Å²) < 4.78 is 5.40. The number of nitrogens with one attached hydrogen (secondary N) is 1. The van der Waals surface area contributed by atoms with Gasteiger partial charge in [-0.2, -0.15) is 0 Å². The Balaban J connectivity index is 1.80. The van der Waals surface area contributed by atoms with Crippen molar-refractivity contribution in [2.24, 2.45) is 10.8 Å². The molecule has 0 spiro atoms. The van der Waals surface area contributed by atoms with Gasteiger partial charge in [-0.05, 0) is 23.0 Å². The molecule has 1 saturated carbocycles. The Morgan fingerprint density at radius 2 is 1.81 bits per heavy atom. The Morgan fingerprint density at radius 3 is 2.43 bits per heavy atom. The van der Waals surface area contributed by atoms with E-state index in [9.17, 15) is 0 Å². The summed E-state index contributed by atoms with van der Waals surface area (Å²) in [6.45, 7) is 10.1. The van der Waals surface area contributed by atoms with E-state index in [0.717, 1.165) is 28.9 Å². The third-order valence-corrected chi connectivity index (χ3v) is 5.47. The van der Waals surface area contributed by atoms with E-state index in [1.807, 2.05) is 12.1 Å². The minimum absolute atomic E-state index is 0.349. The highest BCUT2D eigenvalue weighted by Gasteiger charge is 2.64. The van der Waals surface area contributed by atoms with Crippen molar-refractivity contribution in [1.82, 2.24) is 10.3 Å². The number of nitrogens with zero attached hydrogens (tertiary/aromatic N) is 1. The first-order valence-corrected chi connectivity index (χ1v) is 7.54. The van der Waals surface area contributed by atoms with Crippen molar-refractivity contribution in [2.45, 2.75) is 40.3 Å². The number of benzene rings is 1. The summed E-state index contributed by atoms with van der Waals surface area (Å²) in [5.74, 6) is 0.835. The second kappa shape index (κ2) is 4.70. The van der Waals surface area contributed by atoms with Crippen molar-refractivity contribution in [3.63, 3.8) is 0 Å². The second-order valence-electron chi connectivity index (χ2n) is 7.09. The monoisotopic (exact) mass is 284 g/mol. The fraction of sp³-hybridized carbons (Fsp3) is 0.500. The molecule has 1 fully saturated rings. The molecule has 3 rings (SSSR count). The SMILES string of the molecule is COc1cccc2ccc(CNC3C(C)(C)C3(C)C)nc12. The fourth-order valence-corrected chi connectivity index (χ4v) is 3.34. The molecule has 1 aromatic heterocycles. The number of hydrogen-bond donors (Lipinski definition) is 1. The number of hydrogen-bond acceptors (Lipinski definition) is 3. The lowest BCUT2D eigenvalue weighted by Crippen LogP contribution is -2.22. The summed E-state index contributed by atoms with van der Waals surface area (Å²) in [5, 5.41) is 4.77. The lowest BCUT2D eigenvalue weighted by atomic mass is 10.0. The van der Waals surface area contributed by atoms with E-state index in [1.54, 1.807) is 7.11 Å². The zero-order valence-electron chi connectivity index (χ0n) is 13.5. The first-order chi connectivity index (χ1) is 9.88. The van der Waals surface area contributed by atoms with Crippen LogP contribution in [0, 0.1) is 10.8 Å². The van der Waals surface area contributed by atoms with Crippen molar-refractivity contribution < 1.29 is 4.74 Å². The largest absolute Gasteiger partial charge is 0.494 e. The Labute approximate surface area is 126 Å². The highest BCUT2D eigenvalue weighted by Crippen LogP contribution is 2.62. The normalized spacial score (nSPS) is 19.7. The molecule has 0 bridgehead atoms. The number of methoxy groups -OCH3 is 1. The molecule has 1 N–H and O–H groups in total. The van der Waals surface area contributed by atoms with Crippen molar-refractivity contribution in [1.29, 1.82) is 0 Å². The third-order valence-electron chi connectivity index (χ3n) is 5.47. The van der Waals surface area contributed by atoms with Gasteiger partial charge in [0, 0.05) is 18.0 Å². The van der Waals surface area contributed by atoms with Crippen LogP contribution in [-0.2, 0) is 6.54 Å². The van der Waals surface area contributed by atoms with Gasteiger partial charge in [-0.1, -0.05) is 45.9 Å². The molecule has 0 unspecified atom stereocenters. The molecular formula is C18H24N2O. The first-order valence-electron chi connectivity index (χ1n) is 7.54. The summed E-state index contributed by atoms with van der Waals surface area (Å²) in [6.07, 6.45) is 0. The predicted molar refractivity (Wildman–Crippen MR) is 86.5 cm³/mol. The van der Waals surface area contributed by atoms with Crippen LogP contribution < -0.4 is 10.1 Å². The smallest absolute Gasteiger partial charge is 0.145 e. The quantitative estimate of drug-likeness (QED) is 0.928. The molecule has 1 aliphatic carbocycles. The average molecular weight is 284 g/mol. The highest BCUT2D eigenvalue weighted by molar-refractivity contribution is 5.84. The highest BCUT2D eigenvalue weighted by atomic mass is 16.5. The molecule has 3 heteroatoms. The number of aromatic nitrogens is 1. The molecule has 0 aliphatic heterocycles. The van der Waals surface area contributed by atoms with Gasteiger partial charge in [0.15, 0.2) is 0 Å². The van der Waals surface area contributed by atoms with Crippen LogP contribution in [0.5, 0.6) is 5.75 Å². The van der Waals surface area contributed by atoms with Crippen LogP contribution >= 0.6 is 0 Å². The van der Waals surface area contributed by atoms with Gasteiger partial charge in [0.25, 0.3) is 0 Å². The Bertz CT molecular complexity index is 662. The maximum Gasteiger partial charge on any atom is 0.145 e. The van der Waals surface area contributed by atoms with Gasteiger partial charge >= 0.3 is 0 Å². The summed E-state index contributed by atoms with van der Waals surface area (Å²) in [4.78, 5) is 4.75. The predicted octanol–water partition coefficient (Wildman–Crippen LogP) is 3.77. The average Bonchev–Trinajstić information content (AvgIpc) is 2.85. The first kappa shape index (κ1) is 14.3. The topological polar surface area (TPSA) is 34.1 Å². The Kier molecular flexibility index (Phi) is 3.21. The zero-order valence-corrected chi connectivity index (χ0v) is 13.5. The minimum atomic E-state index is 0.349. The molecular weight excluding hydrogens is 260 g/mol. The molecule has 3 nitrogen and oxygen atoms in total. The van der Waals surface area contributed by atoms with Crippen molar-refractivity contribution in [3.05, 3.63) is 36.0 Å². The number of ether oxygens (including phenoxy) is 1. The third kappa shape index (κ3) is 2.20. The van der Waals surface area contributed by atoms with Crippen LogP contribution in [0.3, 0.4) is 0 Å².